The largest absolute Gasteiger partial charge is 0.318 e. The van der Waals surface area contributed by atoms with Gasteiger partial charge < -0.3 is 5.73 Å². The summed E-state index contributed by atoms with van der Waals surface area (Å²) in [5, 5.41) is 10.0. The van der Waals surface area contributed by atoms with Gasteiger partial charge in [-0.2, -0.15) is 5.26 Å². The Bertz CT molecular complexity index is 286. The number of fused-ring (bicyclic) bond motifs is 1. The Balaban J connectivity index is 2.18. The minimum Gasteiger partial charge on any atom is -0.318 e. The Labute approximate surface area is 103 Å². The average Bonchev–Trinajstić information content (AvgIpc) is 2.63. The monoisotopic (exact) mass is 238 g/mol. The molecule has 0 aromatic heterocycles. The van der Waals surface area contributed by atoms with Crippen LogP contribution in [0, 0.1) is 35.0 Å². The Kier molecular flexibility index (Phi) is 3.81. The molecule has 1 heterocycles. The Morgan fingerprint density at radius 2 is 2.25 bits per heavy atom. The van der Waals surface area contributed by atoms with E-state index < -0.39 is 0 Å². The molecule has 0 spiro atoms. The van der Waals surface area contributed by atoms with Crippen molar-refractivity contribution in [2.24, 2.45) is 29.4 Å². The summed E-state index contributed by atoms with van der Waals surface area (Å²) in [6.07, 6.45) is 5.13. The van der Waals surface area contributed by atoms with E-state index >= 15 is 0 Å². The standard InChI is InChI=1S/C13H22N2S/c1-3-8(2)9-5-4-6-11-12(9)10(7-14)13(15)16-11/h8-13H,3-6,15H2,1-2H3. The van der Waals surface area contributed by atoms with Gasteiger partial charge in [-0.05, 0) is 30.6 Å². The molecule has 6 atom stereocenters. The maximum Gasteiger partial charge on any atom is 0.0749 e. The molecule has 0 radical (unpaired) electrons. The van der Waals surface area contributed by atoms with Crippen LogP contribution in [-0.2, 0) is 0 Å². The Morgan fingerprint density at radius 1 is 1.50 bits per heavy atom. The third-order valence-electron chi connectivity index (χ3n) is 4.57. The van der Waals surface area contributed by atoms with Crippen LogP contribution in [0.4, 0.5) is 0 Å². The lowest BCUT2D eigenvalue weighted by molar-refractivity contribution is 0.149. The first-order valence-electron chi connectivity index (χ1n) is 6.49. The minimum absolute atomic E-state index is 0.0599. The molecule has 1 saturated carbocycles. The molecule has 2 aliphatic rings. The van der Waals surface area contributed by atoms with Crippen LogP contribution in [0.25, 0.3) is 0 Å². The average molecular weight is 238 g/mol. The second kappa shape index (κ2) is 4.98. The number of nitrogens with two attached hydrogens (primary N) is 1. The van der Waals surface area contributed by atoms with E-state index in [1.54, 1.807) is 0 Å². The molecule has 2 fully saturated rings. The highest BCUT2D eigenvalue weighted by atomic mass is 32.2. The van der Waals surface area contributed by atoms with E-state index in [4.69, 9.17) is 5.73 Å². The first-order chi connectivity index (χ1) is 7.69. The van der Waals surface area contributed by atoms with Gasteiger partial charge in [0.05, 0.1) is 17.4 Å². The number of nitriles is 1. The highest BCUT2D eigenvalue weighted by molar-refractivity contribution is 8.00. The van der Waals surface area contributed by atoms with Crippen molar-refractivity contribution < 1.29 is 0 Å². The highest BCUT2D eigenvalue weighted by Gasteiger charge is 2.48. The van der Waals surface area contributed by atoms with Gasteiger partial charge in [0, 0.05) is 5.25 Å². The van der Waals surface area contributed by atoms with Crippen LogP contribution in [0.1, 0.15) is 39.5 Å². The van der Waals surface area contributed by atoms with Crippen molar-refractivity contribution in [2.75, 3.05) is 0 Å². The lowest BCUT2D eigenvalue weighted by Crippen LogP contribution is -2.36. The third-order valence-corrected chi connectivity index (χ3v) is 6.08. The molecule has 1 aliphatic heterocycles. The SMILES string of the molecule is CCC(C)C1CCCC2SC(N)C(C#N)C21. The molecule has 2 N–H and O–H groups in total. The molecule has 6 unspecified atom stereocenters. The van der Waals surface area contributed by atoms with Gasteiger partial charge in [-0.15, -0.1) is 11.8 Å². The number of thioether (sulfide) groups is 1. The normalized spacial score (nSPS) is 44.8. The maximum atomic E-state index is 9.30. The number of hydrogen-bond acceptors (Lipinski definition) is 3. The van der Waals surface area contributed by atoms with Gasteiger partial charge in [-0.3, -0.25) is 0 Å². The second-order valence-electron chi connectivity index (χ2n) is 5.35. The summed E-state index contributed by atoms with van der Waals surface area (Å²) in [5.41, 5.74) is 6.09. The zero-order valence-corrected chi connectivity index (χ0v) is 11.0. The van der Waals surface area contributed by atoms with Gasteiger partial charge in [0.2, 0.25) is 0 Å². The van der Waals surface area contributed by atoms with Gasteiger partial charge in [-0.1, -0.05) is 26.7 Å². The molecule has 0 bridgehead atoms. The molecule has 2 rings (SSSR count). The van der Waals surface area contributed by atoms with Crippen LogP contribution in [0.15, 0.2) is 0 Å². The second-order valence-corrected chi connectivity index (χ2v) is 6.77. The summed E-state index contributed by atoms with van der Waals surface area (Å²) in [6.45, 7) is 4.60. The topological polar surface area (TPSA) is 49.8 Å². The van der Waals surface area contributed by atoms with Gasteiger partial charge in [0.25, 0.3) is 0 Å². The third kappa shape index (κ3) is 1.98. The van der Waals surface area contributed by atoms with E-state index in [-0.39, 0.29) is 11.3 Å². The Morgan fingerprint density at radius 3 is 2.88 bits per heavy atom. The molecule has 16 heavy (non-hydrogen) atoms. The van der Waals surface area contributed by atoms with E-state index in [1.165, 1.54) is 25.7 Å². The van der Waals surface area contributed by atoms with Crippen LogP contribution in [0.5, 0.6) is 0 Å². The smallest absolute Gasteiger partial charge is 0.0749 e. The van der Waals surface area contributed by atoms with Crippen molar-refractivity contribution in [3.05, 3.63) is 0 Å². The van der Waals surface area contributed by atoms with E-state index in [0.717, 1.165) is 11.8 Å². The first-order valence-corrected chi connectivity index (χ1v) is 7.44. The van der Waals surface area contributed by atoms with Gasteiger partial charge in [-0.25, -0.2) is 0 Å². The molecule has 0 aromatic carbocycles. The summed E-state index contributed by atoms with van der Waals surface area (Å²) in [7, 11) is 0. The fourth-order valence-corrected chi connectivity index (χ4v) is 5.17. The maximum absolute atomic E-state index is 9.30. The van der Waals surface area contributed by atoms with E-state index in [1.807, 2.05) is 11.8 Å². The first kappa shape index (κ1) is 12.3. The number of nitrogens with zero attached hydrogens (tertiary/aromatic N) is 1. The van der Waals surface area contributed by atoms with E-state index in [0.29, 0.717) is 11.2 Å². The van der Waals surface area contributed by atoms with Gasteiger partial charge in [0.1, 0.15) is 0 Å². The van der Waals surface area contributed by atoms with E-state index in [2.05, 4.69) is 19.9 Å². The summed E-state index contributed by atoms with van der Waals surface area (Å²) in [4.78, 5) is 0. The van der Waals surface area contributed by atoms with E-state index in [9.17, 15) is 5.26 Å². The lowest BCUT2D eigenvalue weighted by Gasteiger charge is -2.38. The van der Waals surface area contributed by atoms with Crippen LogP contribution in [0.2, 0.25) is 0 Å². The molecule has 1 aliphatic carbocycles. The zero-order chi connectivity index (χ0) is 11.7. The molecule has 0 amide bonds. The van der Waals surface area contributed by atoms with Crippen molar-refractivity contribution >= 4 is 11.8 Å². The van der Waals surface area contributed by atoms with Crippen LogP contribution in [-0.4, -0.2) is 10.6 Å². The summed E-state index contributed by atoms with van der Waals surface area (Å²) < 4.78 is 0. The van der Waals surface area contributed by atoms with Crippen molar-refractivity contribution in [1.29, 1.82) is 5.26 Å². The highest BCUT2D eigenvalue weighted by Crippen LogP contribution is 2.52. The fraction of sp³-hybridized carbons (Fsp3) is 0.923. The lowest BCUT2D eigenvalue weighted by atomic mass is 9.67. The summed E-state index contributed by atoms with van der Waals surface area (Å²) >= 11 is 1.87. The van der Waals surface area contributed by atoms with Crippen molar-refractivity contribution in [1.82, 2.24) is 0 Å². The Hall–Kier alpha value is -0.200. The molecule has 0 aromatic rings. The minimum atomic E-state index is 0.0599. The zero-order valence-electron chi connectivity index (χ0n) is 10.2. The summed E-state index contributed by atoms with van der Waals surface area (Å²) in [5.74, 6) is 2.13. The van der Waals surface area contributed by atoms with Crippen LogP contribution >= 0.6 is 11.8 Å². The van der Waals surface area contributed by atoms with Crippen LogP contribution < -0.4 is 5.73 Å². The van der Waals surface area contributed by atoms with Crippen molar-refractivity contribution in [3.8, 4) is 6.07 Å². The predicted molar refractivity (Wildman–Crippen MR) is 68.7 cm³/mol. The fourth-order valence-electron chi connectivity index (χ4n) is 3.50. The molecular weight excluding hydrogens is 216 g/mol. The molecule has 90 valence electrons. The van der Waals surface area contributed by atoms with Crippen molar-refractivity contribution in [3.63, 3.8) is 0 Å². The van der Waals surface area contributed by atoms with Crippen molar-refractivity contribution in [2.45, 2.75) is 50.2 Å². The van der Waals surface area contributed by atoms with Gasteiger partial charge >= 0.3 is 0 Å². The molecule has 2 nitrogen and oxygen atoms in total. The molecule has 3 heteroatoms. The van der Waals surface area contributed by atoms with Gasteiger partial charge in [0.15, 0.2) is 0 Å². The van der Waals surface area contributed by atoms with Crippen LogP contribution in [0.3, 0.4) is 0 Å². The molecular formula is C13H22N2S. The number of hydrogen-bond donors (Lipinski definition) is 1. The number of rotatable bonds is 2. The predicted octanol–water partition coefficient (Wildman–Crippen LogP) is 2.99. The molecule has 1 saturated heterocycles. The quantitative estimate of drug-likeness (QED) is 0.804. The summed E-state index contributed by atoms with van der Waals surface area (Å²) in [6, 6.07) is 2.48.